The molecule has 0 aromatic carbocycles. The van der Waals surface area contributed by atoms with E-state index in [0.717, 1.165) is 24.0 Å². The Bertz CT molecular complexity index is 449. The molecule has 2 fully saturated rings. The van der Waals surface area contributed by atoms with E-state index in [-0.39, 0.29) is 6.10 Å². The minimum atomic E-state index is 0.167. The molecule has 2 aliphatic heterocycles. The molecule has 1 aromatic rings. The predicted octanol–water partition coefficient (Wildman–Crippen LogP) is 2.20. The Kier molecular flexibility index (Phi) is 4.22. The molecule has 2 atom stereocenters. The average molecular weight is 275 g/mol. The third kappa shape index (κ3) is 2.96. The molecule has 0 bridgehead atoms. The normalized spacial score (nSPS) is 26.1. The molecule has 0 spiro atoms. The number of nitrogens with one attached hydrogen (secondary N) is 1. The van der Waals surface area contributed by atoms with Crippen LogP contribution in [-0.2, 0) is 6.54 Å². The number of nitrogens with zero attached hydrogens (tertiary/aromatic N) is 2. The Balaban J connectivity index is 1.61. The molecule has 3 heterocycles. The SMILES string of the molecule is CC(C)Oc1ncccc1CNC1CCN2CCCC12. The lowest BCUT2D eigenvalue weighted by Gasteiger charge is -2.22. The molecule has 0 aliphatic carbocycles. The van der Waals surface area contributed by atoms with E-state index in [9.17, 15) is 0 Å². The lowest BCUT2D eigenvalue weighted by atomic mass is 10.1. The quantitative estimate of drug-likeness (QED) is 0.894. The Morgan fingerprint density at radius 1 is 1.40 bits per heavy atom. The van der Waals surface area contributed by atoms with Crippen LogP contribution in [0.1, 0.15) is 38.7 Å². The topological polar surface area (TPSA) is 37.4 Å². The second-order valence-electron chi connectivity index (χ2n) is 6.16. The summed E-state index contributed by atoms with van der Waals surface area (Å²) in [7, 11) is 0. The molecule has 20 heavy (non-hydrogen) atoms. The first-order valence-corrected chi connectivity index (χ1v) is 7.82. The van der Waals surface area contributed by atoms with Gasteiger partial charge in [-0.3, -0.25) is 4.90 Å². The summed E-state index contributed by atoms with van der Waals surface area (Å²) in [5.74, 6) is 0.774. The Labute approximate surface area is 121 Å². The lowest BCUT2D eigenvalue weighted by Crippen LogP contribution is -2.38. The van der Waals surface area contributed by atoms with Crippen LogP contribution in [0.2, 0.25) is 0 Å². The molecule has 2 aliphatic rings. The van der Waals surface area contributed by atoms with Gasteiger partial charge >= 0.3 is 0 Å². The second kappa shape index (κ2) is 6.10. The van der Waals surface area contributed by atoms with E-state index in [1.54, 1.807) is 6.20 Å². The van der Waals surface area contributed by atoms with E-state index in [0.29, 0.717) is 6.04 Å². The third-order valence-corrected chi connectivity index (χ3v) is 4.36. The van der Waals surface area contributed by atoms with Crippen molar-refractivity contribution in [3.05, 3.63) is 23.9 Å². The molecule has 2 saturated heterocycles. The van der Waals surface area contributed by atoms with Crippen LogP contribution in [-0.4, -0.2) is 41.2 Å². The van der Waals surface area contributed by atoms with Crippen LogP contribution in [0.25, 0.3) is 0 Å². The van der Waals surface area contributed by atoms with Gasteiger partial charge in [0.05, 0.1) is 6.10 Å². The van der Waals surface area contributed by atoms with Crippen molar-refractivity contribution in [2.45, 2.75) is 57.8 Å². The highest BCUT2D eigenvalue weighted by Gasteiger charge is 2.36. The largest absolute Gasteiger partial charge is 0.475 e. The van der Waals surface area contributed by atoms with E-state index >= 15 is 0 Å². The zero-order chi connectivity index (χ0) is 13.9. The van der Waals surface area contributed by atoms with E-state index < -0.39 is 0 Å². The first-order valence-electron chi connectivity index (χ1n) is 7.82. The van der Waals surface area contributed by atoms with Gasteiger partial charge in [0, 0.05) is 36.9 Å². The fraction of sp³-hybridized carbons (Fsp3) is 0.688. The standard InChI is InChI=1S/C16H25N3O/c1-12(2)20-16-13(5-3-8-17-16)11-18-14-7-10-19-9-4-6-15(14)19/h3,5,8,12,14-15,18H,4,6-7,9-11H2,1-2H3. The maximum absolute atomic E-state index is 5.79. The fourth-order valence-corrected chi connectivity index (χ4v) is 3.45. The van der Waals surface area contributed by atoms with Gasteiger partial charge in [-0.25, -0.2) is 4.98 Å². The monoisotopic (exact) mass is 275 g/mol. The summed E-state index contributed by atoms with van der Waals surface area (Å²) >= 11 is 0. The number of pyridine rings is 1. The van der Waals surface area contributed by atoms with Gasteiger partial charge in [0.2, 0.25) is 5.88 Å². The van der Waals surface area contributed by atoms with Crippen LogP contribution < -0.4 is 10.1 Å². The van der Waals surface area contributed by atoms with Crippen molar-refractivity contribution in [2.75, 3.05) is 13.1 Å². The Morgan fingerprint density at radius 3 is 3.15 bits per heavy atom. The average Bonchev–Trinajstić information content (AvgIpc) is 3.00. The number of fused-ring (bicyclic) bond motifs is 1. The molecule has 3 rings (SSSR count). The summed E-state index contributed by atoms with van der Waals surface area (Å²) in [5, 5.41) is 3.72. The molecule has 0 saturated carbocycles. The van der Waals surface area contributed by atoms with Gasteiger partial charge in [-0.15, -0.1) is 0 Å². The Morgan fingerprint density at radius 2 is 2.30 bits per heavy atom. The van der Waals surface area contributed by atoms with Crippen molar-refractivity contribution in [3.63, 3.8) is 0 Å². The summed E-state index contributed by atoms with van der Waals surface area (Å²) in [5.41, 5.74) is 1.16. The number of rotatable bonds is 5. The van der Waals surface area contributed by atoms with E-state index in [2.05, 4.69) is 21.3 Å². The molecule has 1 N–H and O–H groups in total. The summed E-state index contributed by atoms with van der Waals surface area (Å²) in [6.07, 6.45) is 5.94. The van der Waals surface area contributed by atoms with Crippen molar-refractivity contribution >= 4 is 0 Å². The lowest BCUT2D eigenvalue weighted by molar-refractivity contribution is 0.228. The van der Waals surface area contributed by atoms with Crippen molar-refractivity contribution in [1.29, 1.82) is 0 Å². The minimum Gasteiger partial charge on any atom is -0.475 e. The van der Waals surface area contributed by atoms with Gasteiger partial charge < -0.3 is 10.1 Å². The maximum atomic E-state index is 5.79. The molecule has 2 unspecified atom stereocenters. The van der Waals surface area contributed by atoms with Gasteiger partial charge in [-0.2, -0.15) is 0 Å². The summed E-state index contributed by atoms with van der Waals surface area (Å²) in [6, 6.07) is 5.48. The van der Waals surface area contributed by atoms with Crippen molar-refractivity contribution in [1.82, 2.24) is 15.2 Å². The van der Waals surface area contributed by atoms with Gasteiger partial charge in [-0.05, 0) is 45.7 Å². The van der Waals surface area contributed by atoms with Gasteiger partial charge in [0.1, 0.15) is 0 Å². The molecule has 0 amide bonds. The number of ether oxygens (including phenoxy) is 1. The highest BCUT2D eigenvalue weighted by atomic mass is 16.5. The van der Waals surface area contributed by atoms with Crippen LogP contribution in [0.4, 0.5) is 0 Å². The summed E-state index contributed by atoms with van der Waals surface area (Å²) < 4.78 is 5.79. The second-order valence-corrected chi connectivity index (χ2v) is 6.16. The van der Waals surface area contributed by atoms with Crippen LogP contribution in [0.5, 0.6) is 5.88 Å². The van der Waals surface area contributed by atoms with Crippen molar-refractivity contribution in [2.24, 2.45) is 0 Å². The zero-order valence-corrected chi connectivity index (χ0v) is 12.5. The molecule has 4 heteroatoms. The maximum Gasteiger partial charge on any atom is 0.218 e. The number of hydrogen-bond donors (Lipinski definition) is 1. The summed E-state index contributed by atoms with van der Waals surface area (Å²) in [6.45, 7) is 7.48. The number of hydrogen-bond acceptors (Lipinski definition) is 4. The molecule has 4 nitrogen and oxygen atoms in total. The molecule has 0 radical (unpaired) electrons. The summed E-state index contributed by atoms with van der Waals surface area (Å²) in [4.78, 5) is 6.99. The van der Waals surface area contributed by atoms with Crippen LogP contribution in [0.15, 0.2) is 18.3 Å². The molecule has 110 valence electrons. The third-order valence-electron chi connectivity index (χ3n) is 4.36. The van der Waals surface area contributed by atoms with Gasteiger partial charge in [0.25, 0.3) is 0 Å². The first-order chi connectivity index (χ1) is 9.74. The van der Waals surface area contributed by atoms with Crippen molar-refractivity contribution < 1.29 is 4.74 Å². The smallest absolute Gasteiger partial charge is 0.218 e. The molecular formula is C16H25N3O. The zero-order valence-electron chi connectivity index (χ0n) is 12.5. The van der Waals surface area contributed by atoms with E-state index in [1.807, 2.05) is 19.9 Å². The molecular weight excluding hydrogens is 250 g/mol. The predicted molar refractivity (Wildman–Crippen MR) is 79.8 cm³/mol. The van der Waals surface area contributed by atoms with Gasteiger partial charge in [-0.1, -0.05) is 6.07 Å². The van der Waals surface area contributed by atoms with Gasteiger partial charge in [0.15, 0.2) is 0 Å². The fourth-order valence-electron chi connectivity index (χ4n) is 3.45. The van der Waals surface area contributed by atoms with E-state index in [1.165, 1.54) is 32.4 Å². The highest BCUT2D eigenvalue weighted by Crippen LogP contribution is 2.28. The Hall–Kier alpha value is -1.13. The van der Waals surface area contributed by atoms with Crippen molar-refractivity contribution in [3.8, 4) is 5.88 Å². The molecule has 1 aromatic heterocycles. The van der Waals surface area contributed by atoms with Crippen LogP contribution >= 0.6 is 0 Å². The first kappa shape index (κ1) is 13.8. The highest BCUT2D eigenvalue weighted by molar-refractivity contribution is 5.25. The van der Waals surface area contributed by atoms with Crippen LogP contribution in [0, 0.1) is 0 Å². The minimum absolute atomic E-state index is 0.167. The van der Waals surface area contributed by atoms with E-state index in [4.69, 9.17) is 4.74 Å². The number of aromatic nitrogens is 1. The van der Waals surface area contributed by atoms with Crippen LogP contribution in [0.3, 0.4) is 0 Å².